The summed E-state index contributed by atoms with van der Waals surface area (Å²) in [5, 5.41) is 23.2. The van der Waals surface area contributed by atoms with Crippen LogP contribution in [0.25, 0.3) is 0 Å². The van der Waals surface area contributed by atoms with Crippen molar-refractivity contribution in [3.8, 4) is 0 Å². The van der Waals surface area contributed by atoms with Crippen LogP contribution in [0.4, 0.5) is 0 Å². The number of aliphatic hydroxyl groups is 2. The summed E-state index contributed by atoms with van der Waals surface area (Å²) in [6.07, 6.45) is 1.32. The zero-order chi connectivity index (χ0) is 17.2. The minimum absolute atomic E-state index is 0.170. The molecule has 0 aromatic heterocycles. The first-order valence-corrected chi connectivity index (χ1v) is 8.40. The molecular weight excluding hydrogens is 310 g/mol. The van der Waals surface area contributed by atoms with Crippen molar-refractivity contribution in [1.29, 1.82) is 0 Å². The van der Waals surface area contributed by atoms with E-state index < -0.39 is 17.6 Å². The van der Waals surface area contributed by atoms with Gasteiger partial charge >= 0.3 is 0 Å². The van der Waals surface area contributed by atoms with Gasteiger partial charge in [0.2, 0.25) is 0 Å². The average molecular weight is 333 g/mol. The van der Waals surface area contributed by atoms with Crippen molar-refractivity contribution >= 4 is 11.7 Å². The molecule has 3 rings (SSSR count). The Morgan fingerprint density at radius 1 is 1.29 bits per heavy atom. The molecule has 1 saturated heterocycles. The van der Waals surface area contributed by atoms with Crippen LogP contribution in [0.1, 0.15) is 47.2 Å². The van der Waals surface area contributed by atoms with Gasteiger partial charge in [0, 0.05) is 44.6 Å². The molecule has 24 heavy (non-hydrogen) atoms. The first-order chi connectivity index (χ1) is 11.5. The minimum atomic E-state index is -1.47. The maximum absolute atomic E-state index is 12.1. The summed E-state index contributed by atoms with van der Waals surface area (Å²) in [6, 6.07) is 5.56. The number of benzene rings is 1. The second kappa shape index (κ2) is 7.01. The highest BCUT2D eigenvalue weighted by Gasteiger charge is 2.41. The summed E-state index contributed by atoms with van der Waals surface area (Å²) >= 11 is 0. The van der Waals surface area contributed by atoms with Gasteiger partial charge in [0.25, 0.3) is 5.91 Å². The summed E-state index contributed by atoms with van der Waals surface area (Å²) in [6.45, 7) is 0.920. The number of ether oxygens (including phenoxy) is 1. The highest BCUT2D eigenvalue weighted by molar-refractivity contribution is 5.98. The lowest BCUT2D eigenvalue weighted by Gasteiger charge is -2.35. The number of fused-ring (bicyclic) bond motifs is 1. The van der Waals surface area contributed by atoms with Gasteiger partial charge in [-0.2, -0.15) is 0 Å². The van der Waals surface area contributed by atoms with E-state index in [1.165, 1.54) is 0 Å². The fourth-order valence-electron chi connectivity index (χ4n) is 3.34. The first kappa shape index (κ1) is 17.1. The molecule has 0 bridgehead atoms. The van der Waals surface area contributed by atoms with E-state index in [0.29, 0.717) is 19.6 Å². The molecule has 1 aromatic rings. The monoisotopic (exact) mass is 333 g/mol. The molecular formula is C18H23NO5. The number of ketones is 1. The van der Waals surface area contributed by atoms with Crippen LogP contribution in [0.15, 0.2) is 18.2 Å². The normalized spacial score (nSPS) is 21.0. The van der Waals surface area contributed by atoms with Crippen molar-refractivity contribution in [1.82, 2.24) is 5.32 Å². The highest BCUT2D eigenvalue weighted by atomic mass is 16.5. The lowest BCUT2D eigenvalue weighted by atomic mass is 9.87. The molecule has 130 valence electrons. The maximum Gasteiger partial charge on any atom is 0.252 e. The second-order valence-corrected chi connectivity index (χ2v) is 6.60. The Labute approximate surface area is 140 Å². The Morgan fingerprint density at radius 3 is 2.79 bits per heavy atom. The molecule has 1 heterocycles. The van der Waals surface area contributed by atoms with Gasteiger partial charge in [-0.1, -0.05) is 18.2 Å². The first-order valence-electron chi connectivity index (χ1n) is 8.40. The summed E-state index contributed by atoms with van der Waals surface area (Å²) < 4.78 is 5.16. The van der Waals surface area contributed by atoms with Crippen LogP contribution in [-0.4, -0.2) is 46.8 Å². The van der Waals surface area contributed by atoms with E-state index in [9.17, 15) is 19.8 Å². The van der Waals surface area contributed by atoms with E-state index in [2.05, 4.69) is 5.32 Å². The molecule has 0 spiro atoms. The molecule has 0 saturated carbocycles. The van der Waals surface area contributed by atoms with Crippen molar-refractivity contribution in [2.24, 2.45) is 0 Å². The SMILES string of the molecule is O=C1CCCc2cc(CNC(=O)C(O)C3(O)CCOCC3)ccc21. The fourth-order valence-corrected chi connectivity index (χ4v) is 3.34. The molecule has 1 aliphatic carbocycles. The van der Waals surface area contributed by atoms with E-state index in [4.69, 9.17) is 4.74 Å². The number of Topliss-reactive ketones (excluding diaryl/α,β-unsaturated/α-hetero) is 1. The van der Waals surface area contributed by atoms with Crippen LogP contribution in [0.5, 0.6) is 0 Å². The Morgan fingerprint density at radius 2 is 2.04 bits per heavy atom. The minimum Gasteiger partial charge on any atom is -0.386 e. The standard InChI is InChI=1S/C18H23NO5/c20-15-3-1-2-13-10-12(4-5-14(13)15)11-19-17(22)16(21)18(23)6-8-24-9-7-18/h4-5,10,16,21,23H,1-3,6-9,11H2,(H,19,22). The summed E-state index contributed by atoms with van der Waals surface area (Å²) in [5.74, 6) is -0.419. The lowest BCUT2D eigenvalue weighted by Crippen LogP contribution is -2.53. The Bertz CT molecular complexity index is 636. The van der Waals surface area contributed by atoms with Gasteiger partial charge in [-0.25, -0.2) is 0 Å². The van der Waals surface area contributed by atoms with Gasteiger partial charge < -0.3 is 20.3 Å². The topological polar surface area (TPSA) is 95.9 Å². The van der Waals surface area contributed by atoms with E-state index in [1.54, 1.807) is 6.07 Å². The molecule has 0 radical (unpaired) electrons. The molecule has 3 N–H and O–H groups in total. The summed E-state index contributed by atoms with van der Waals surface area (Å²) in [4.78, 5) is 24.0. The number of amides is 1. The van der Waals surface area contributed by atoms with Crippen LogP contribution in [-0.2, 0) is 22.5 Å². The fraction of sp³-hybridized carbons (Fsp3) is 0.556. The third-order valence-corrected chi connectivity index (χ3v) is 4.90. The molecule has 1 aliphatic heterocycles. The number of carbonyl (C=O) groups is 2. The molecule has 6 nitrogen and oxygen atoms in total. The zero-order valence-corrected chi connectivity index (χ0v) is 13.6. The number of hydrogen-bond donors (Lipinski definition) is 3. The van der Waals surface area contributed by atoms with Gasteiger partial charge in [0.15, 0.2) is 11.9 Å². The Balaban J connectivity index is 1.61. The second-order valence-electron chi connectivity index (χ2n) is 6.60. The largest absolute Gasteiger partial charge is 0.386 e. The summed E-state index contributed by atoms with van der Waals surface area (Å²) in [7, 11) is 0. The maximum atomic E-state index is 12.1. The molecule has 2 aliphatic rings. The number of carbonyl (C=O) groups excluding carboxylic acids is 2. The van der Waals surface area contributed by atoms with Gasteiger partial charge in [0.1, 0.15) is 5.60 Å². The number of rotatable bonds is 4. The molecule has 1 unspecified atom stereocenters. The molecule has 1 fully saturated rings. The van der Waals surface area contributed by atoms with Crippen molar-refractivity contribution in [3.63, 3.8) is 0 Å². The smallest absolute Gasteiger partial charge is 0.252 e. The Kier molecular flexibility index (Phi) is 4.99. The Hall–Kier alpha value is -1.76. The van der Waals surface area contributed by atoms with Gasteiger partial charge in [-0.05, 0) is 24.0 Å². The van der Waals surface area contributed by atoms with Crippen molar-refractivity contribution in [3.05, 3.63) is 34.9 Å². The zero-order valence-electron chi connectivity index (χ0n) is 13.6. The van der Waals surface area contributed by atoms with Crippen LogP contribution in [0, 0.1) is 0 Å². The number of aryl methyl sites for hydroxylation is 1. The van der Waals surface area contributed by atoms with Crippen LogP contribution >= 0.6 is 0 Å². The number of aliphatic hydroxyl groups excluding tert-OH is 1. The van der Waals surface area contributed by atoms with Crippen molar-refractivity contribution < 1.29 is 24.5 Å². The quantitative estimate of drug-likeness (QED) is 0.755. The van der Waals surface area contributed by atoms with Gasteiger partial charge in [-0.3, -0.25) is 9.59 Å². The van der Waals surface area contributed by atoms with Crippen molar-refractivity contribution in [2.75, 3.05) is 13.2 Å². The molecule has 6 heteroatoms. The summed E-state index contributed by atoms with van der Waals surface area (Å²) in [5.41, 5.74) is 1.24. The van der Waals surface area contributed by atoms with Crippen molar-refractivity contribution in [2.45, 2.75) is 50.4 Å². The van der Waals surface area contributed by atoms with Gasteiger partial charge in [-0.15, -0.1) is 0 Å². The third-order valence-electron chi connectivity index (χ3n) is 4.90. The highest BCUT2D eigenvalue weighted by Crippen LogP contribution is 2.25. The average Bonchev–Trinajstić information content (AvgIpc) is 2.59. The molecule has 1 aromatic carbocycles. The van der Waals surface area contributed by atoms with Crippen LogP contribution in [0.3, 0.4) is 0 Å². The van der Waals surface area contributed by atoms with E-state index in [1.807, 2.05) is 12.1 Å². The number of hydrogen-bond acceptors (Lipinski definition) is 5. The lowest BCUT2D eigenvalue weighted by molar-refractivity contribution is -0.159. The van der Waals surface area contributed by atoms with E-state index in [-0.39, 0.29) is 25.2 Å². The predicted octanol–water partition coefficient (Wildman–Crippen LogP) is 0.724. The third kappa shape index (κ3) is 3.50. The molecule has 1 atom stereocenters. The molecule has 1 amide bonds. The van der Waals surface area contributed by atoms with E-state index in [0.717, 1.165) is 29.5 Å². The van der Waals surface area contributed by atoms with E-state index >= 15 is 0 Å². The number of nitrogens with one attached hydrogen (secondary N) is 1. The van der Waals surface area contributed by atoms with Gasteiger partial charge in [0.05, 0.1) is 0 Å². The predicted molar refractivity (Wildman–Crippen MR) is 86.6 cm³/mol. The van der Waals surface area contributed by atoms with Crippen LogP contribution in [0.2, 0.25) is 0 Å². The van der Waals surface area contributed by atoms with Crippen LogP contribution < -0.4 is 5.32 Å².